The summed E-state index contributed by atoms with van der Waals surface area (Å²) in [5, 5.41) is 0. The summed E-state index contributed by atoms with van der Waals surface area (Å²) in [5.41, 5.74) is 2.65. The van der Waals surface area contributed by atoms with Crippen molar-refractivity contribution in [3.8, 4) is 11.1 Å². The van der Waals surface area contributed by atoms with Crippen LogP contribution in [0.15, 0.2) is 42.5 Å². The Hall–Kier alpha value is -1.78. The Balaban J connectivity index is 2.20. The molecule has 0 heterocycles. The first-order valence-corrected chi connectivity index (χ1v) is 11.2. The minimum atomic E-state index is -0.832. The van der Waals surface area contributed by atoms with Crippen LogP contribution in [0.4, 0.5) is 8.78 Å². The van der Waals surface area contributed by atoms with Gasteiger partial charge in [-0.2, -0.15) is 0 Å². The van der Waals surface area contributed by atoms with Gasteiger partial charge in [0.1, 0.15) is 0 Å². The molecule has 0 amide bonds. The highest BCUT2D eigenvalue weighted by atomic mass is 19.2. The Labute approximate surface area is 180 Å². The van der Waals surface area contributed by atoms with Crippen LogP contribution in [0.2, 0.25) is 0 Å². The SMILES string of the molecule is CCCCCCCCC(c1ccc(-c2ccc(F)c(F)c2)cc1)C(CC)(OC)OC. The van der Waals surface area contributed by atoms with Crippen molar-refractivity contribution in [2.75, 3.05) is 14.2 Å². The predicted octanol–water partition coefficient (Wildman–Crippen LogP) is 7.87. The number of hydrogen-bond donors (Lipinski definition) is 0. The molecule has 0 N–H and O–H groups in total. The molecule has 30 heavy (non-hydrogen) atoms. The van der Waals surface area contributed by atoms with E-state index in [9.17, 15) is 8.78 Å². The number of benzene rings is 2. The summed E-state index contributed by atoms with van der Waals surface area (Å²) < 4.78 is 38.6. The van der Waals surface area contributed by atoms with Gasteiger partial charge >= 0.3 is 0 Å². The highest BCUT2D eigenvalue weighted by Gasteiger charge is 2.38. The first-order valence-electron chi connectivity index (χ1n) is 11.2. The molecule has 0 spiro atoms. The summed E-state index contributed by atoms with van der Waals surface area (Å²) in [6.45, 7) is 4.31. The molecule has 0 aliphatic heterocycles. The second-order valence-corrected chi connectivity index (χ2v) is 7.93. The van der Waals surface area contributed by atoms with Gasteiger partial charge in [-0.25, -0.2) is 8.78 Å². The Morgan fingerprint density at radius 2 is 1.37 bits per heavy atom. The van der Waals surface area contributed by atoms with E-state index in [1.807, 2.05) is 12.1 Å². The predicted molar refractivity (Wildman–Crippen MR) is 120 cm³/mol. The maximum atomic E-state index is 13.6. The van der Waals surface area contributed by atoms with Crippen LogP contribution in [0.1, 0.15) is 76.7 Å². The quantitative estimate of drug-likeness (QED) is 0.243. The van der Waals surface area contributed by atoms with Gasteiger partial charge in [-0.05, 0) is 41.7 Å². The minimum Gasteiger partial charge on any atom is -0.353 e. The summed E-state index contributed by atoms with van der Waals surface area (Å²) in [6.07, 6.45) is 9.14. The Kier molecular flexibility index (Phi) is 9.93. The zero-order valence-electron chi connectivity index (χ0n) is 18.8. The lowest BCUT2D eigenvalue weighted by Crippen LogP contribution is -2.40. The summed E-state index contributed by atoms with van der Waals surface area (Å²) in [4.78, 5) is 0. The van der Waals surface area contributed by atoms with Crippen LogP contribution in [-0.2, 0) is 9.47 Å². The summed E-state index contributed by atoms with van der Waals surface area (Å²) >= 11 is 0. The molecule has 2 nitrogen and oxygen atoms in total. The van der Waals surface area contributed by atoms with Crippen molar-refractivity contribution in [2.45, 2.75) is 76.9 Å². The second kappa shape index (κ2) is 12.2. The van der Waals surface area contributed by atoms with Crippen molar-refractivity contribution < 1.29 is 18.3 Å². The molecular formula is C26H36F2O2. The van der Waals surface area contributed by atoms with Gasteiger partial charge in [0.2, 0.25) is 0 Å². The lowest BCUT2D eigenvalue weighted by atomic mass is 9.83. The first-order chi connectivity index (χ1) is 14.5. The number of hydrogen-bond acceptors (Lipinski definition) is 2. The molecule has 1 unspecified atom stereocenters. The molecule has 2 rings (SSSR count). The van der Waals surface area contributed by atoms with Crippen LogP contribution in [-0.4, -0.2) is 20.0 Å². The minimum absolute atomic E-state index is 0.0997. The summed E-state index contributed by atoms with van der Waals surface area (Å²) in [7, 11) is 3.41. The van der Waals surface area contributed by atoms with Gasteiger partial charge in [0.15, 0.2) is 17.4 Å². The van der Waals surface area contributed by atoms with Gasteiger partial charge in [0.05, 0.1) is 0 Å². The maximum Gasteiger partial charge on any atom is 0.174 e. The van der Waals surface area contributed by atoms with E-state index in [2.05, 4.69) is 26.0 Å². The first kappa shape index (κ1) is 24.5. The maximum absolute atomic E-state index is 13.6. The molecule has 4 heteroatoms. The van der Waals surface area contributed by atoms with Gasteiger partial charge in [0, 0.05) is 20.1 Å². The van der Waals surface area contributed by atoms with Crippen molar-refractivity contribution in [3.05, 3.63) is 59.7 Å². The van der Waals surface area contributed by atoms with Gasteiger partial charge in [-0.3, -0.25) is 0 Å². The standard InChI is InChI=1S/C26H36F2O2/c1-5-7-8-9-10-11-12-23(26(6-2,29-3)30-4)21-15-13-20(14-16-21)22-17-18-24(27)25(28)19-22/h13-19,23H,5-12H2,1-4H3. The van der Waals surface area contributed by atoms with Gasteiger partial charge in [0.25, 0.3) is 0 Å². The topological polar surface area (TPSA) is 18.5 Å². The van der Waals surface area contributed by atoms with E-state index < -0.39 is 17.4 Å². The third-order valence-corrected chi connectivity index (χ3v) is 6.13. The Morgan fingerprint density at radius 1 is 0.767 bits per heavy atom. The van der Waals surface area contributed by atoms with E-state index >= 15 is 0 Å². The molecule has 2 aromatic rings. The van der Waals surface area contributed by atoms with E-state index in [4.69, 9.17) is 9.47 Å². The van der Waals surface area contributed by atoms with E-state index in [-0.39, 0.29) is 5.92 Å². The lowest BCUT2D eigenvalue weighted by molar-refractivity contribution is -0.225. The third kappa shape index (κ3) is 6.12. The van der Waals surface area contributed by atoms with Crippen molar-refractivity contribution in [3.63, 3.8) is 0 Å². The number of halogens is 2. The fraction of sp³-hybridized carbons (Fsp3) is 0.538. The van der Waals surface area contributed by atoms with Gasteiger partial charge in [-0.15, -0.1) is 0 Å². The fourth-order valence-electron chi connectivity index (χ4n) is 4.26. The zero-order valence-corrected chi connectivity index (χ0v) is 18.8. The molecular weight excluding hydrogens is 382 g/mol. The molecule has 1 atom stereocenters. The van der Waals surface area contributed by atoms with Crippen LogP contribution in [0.3, 0.4) is 0 Å². The molecule has 0 radical (unpaired) electrons. The van der Waals surface area contributed by atoms with E-state index in [0.717, 1.165) is 36.5 Å². The smallest absolute Gasteiger partial charge is 0.174 e. The fourth-order valence-corrected chi connectivity index (χ4v) is 4.26. The average Bonchev–Trinajstić information content (AvgIpc) is 2.78. The lowest BCUT2D eigenvalue weighted by Gasteiger charge is -2.38. The number of unbranched alkanes of at least 4 members (excludes halogenated alkanes) is 5. The van der Waals surface area contributed by atoms with E-state index in [1.165, 1.54) is 38.2 Å². The number of methoxy groups -OCH3 is 2. The second-order valence-electron chi connectivity index (χ2n) is 7.93. The molecule has 0 aliphatic carbocycles. The summed E-state index contributed by atoms with van der Waals surface area (Å²) in [6, 6.07) is 12.0. The monoisotopic (exact) mass is 418 g/mol. The molecule has 0 aromatic heterocycles. The van der Waals surface area contributed by atoms with Gasteiger partial charge < -0.3 is 9.47 Å². The molecule has 0 saturated carbocycles. The molecule has 0 aliphatic rings. The summed E-state index contributed by atoms with van der Waals surface area (Å²) in [5.74, 6) is -2.24. The largest absolute Gasteiger partial charge is 0.353 e. The molecule has 0 saturated heterocycles. The van der Waals surface area contributed by atoms with Crippen LogP contribution >= 0.6 is 0 Å². The average molecular weight is 419 g/mol. The Bertz CT molecular complexity index is 746. The molecule has 0 bridgehead atoms. The van der Waals surface area contributed by atoms with Crippen LogP contribution in [0.25, 0.3) is 11.1 Å². The van der Waals surface area contributed by atoms with Crippen LogP contribution < -0.4 is 0 Å². The van der Waals surface area contributed by atoms with E-state index in [0.29, 0.717) is 5.56 Å². The van der Waals surface area contributed by atoms with Crippen molar-refractivity contribution in [2.24, 2.45) is 0 Å². The Morgan fingerprint density at radius 3 is 1.93 bits per heavy atom. The van der Waals surface area contributed by atoms with Crippen molar-refractivity contribution in [1.82, 2.24) is 0 Å². The molecule has 2 aromatic carbocycles. The highest BCUT2D eigenvalue weighted by Crippen LogP contribution is 2.39. The normalized spacial score (nSPS) is 12.9. The third-order valence-electron chi connectivity index (χ3n) is 6.13. The van der Waals surface area contributed by atoms with Crippen LogP contribution in [0.5, 0.6) is 0 Å². The van der Waals surface area contributed by atoms with E-state index in [1.54, 1.807) is 20.3 Å². The van der Waals surface area contributed by atoms with Crippen molar-refractivity contribution in [1.29, 1.82) is 0 Å². The zero-order chi connectivity index (χ0) is 22.0. The highest BCUT2D eigenvalue weighted by molar-refractivity contribution is 5.63. The number of rotatable bonds is 13. The van der Waals surface area contributed by atoms with Crippen LogP contribution in [0, 0.1) is 11.6 Å². The molecule has 0 fully saturated rings. The molecule has 166 valence electrons. The van der Waals surface area contributed by atoms with Crippen molar-refractivity contribution >= 4 is 0 Å². The van der Waals surface area contributed by atoms with Gasteiger partial charge in [-0.1, -0.05) is 82.7 Å². The number of ether oxygens (including phenoxy) is 2.